The van der Waals surface area contributed by atoms with Crippen LogP contribution in [0, 0.1) is 11.3 Å². The molecular weight excluding hydrogens is 338 g/mol. The molecule has 0 fully saturated rings. The van der Waals surface area contributed by atoms with Crippen molar-refractivity contribution in [2.75, 3.05) is 10.6 Å². The molecule has 0 bridgehead atoms. The number of ether oxygens (including phenoxy) is 1. The van der Waals surface area contributed by atoms with Crippen LogP contribution in [0.4, 0.5) is 11.4 Å². The van der Waals surface area contributed by atoms with Gasteiger partial charge in [-0.3, -0.25) is 4.79 Å². The Kier molecular flexibility index (Phi) is 5.70. The Morgan fingerprint density at radius 1 is 0.926 bits per heavy atom. The highest BCUT2D eigenvalue weighted by Gasteiger charge is 2.16. The van der Waals surface area contributed by atoms with Crippen LogP contribution in [0.1, 0.15) is 12.5 Å². The Bertz CT molecular complexity index is 965. The summed E-state index contributed by atoms with van der Waals surface area (Å²) in [6, 6.07) is 25.3. The number of carbonyl (C=O) groups is 1. The van der Waals surface area contributed by atoms with Gasteiger partial charge in [0.05, 0.1) is 16.9 Å². The van der Waals surface area contributed by atoms with Gasteiger partial charge >= 0.3 is 0 Å². The number of nitrogens with one attached hydrogen (secondary N) is 2. The van der Waals surface area contributed by atoms with Gasteiger partial charge in [-0.2, -0.15) is 5.26 Å². The van der Waals surface area contributed by atoms with Crippen molar-refractivity contribution in [1.29, 1.82) is 5.26 Å². The number of hydrogen-bond acceptors (Lipinski definition) is 4. The number of anilines is 2. The monoisotopic (exact) mass is 357 g/mol. The van der Waals surface area contributed by atoms with E-state index in [4.69, 9.17) is 10.00 Å². The molecule has 134 valence electrons. The van der Waals surface area contributed by atoms with Gasteiger partial charge in [-0.05, 0) is 43.3 Å². The highest BCUT2D eigenvalue weighted by molar-refractivity contribution is 5.97. The van der Waals surface area contributed by atoms with E-state index in [0.29, 0.717) is 28.4 Å². The lowest BCUT2D eigenvalue weighted by atomic mass is 10.2. The summed E-state index contributed by atoms with van der Waals surface area (Å²) in [7, 11) is 0. The molecule has 0 heterocycles. The average molecular weight is 357 g/mol. The summed E-state index contributed by atoms with van der Waals surface area (Å²) >= 11 is 0. The third-order valence-electron chi connectivity index (χ3n) is 3.93. The lowest BCUT2D eigenvalue weighted by Crippen LogP contribution is -2.32. The number of benzene rings is 3. The maximum atomic E-state index is 12.5. The van der Waals surface area contributed by atoms with Crippen molar-refractivity contribution in [3.05, 3.63) is 84.4 Å². The molecule has 0 saturated carbocycles. The summed E-state index contributed by atoms with van der Waals surface area (Å²) in [4.78, 5) is 12.5. The van der Waals surface area contributed by atoms with Crippen molar-refractivity contribution < 1.29 is 9.53 Å². The third-order valence-corrected chi connectivity index (χ3v) is 3.93. The largest absolute Gasteiger partial charge is 0.455 e. The summed E-state index contributed by atoms with van der Waals surface area (Å²) in [5.41, 5.74) is 1.62. The summed E-state index contributed by atoms with van der Waals surface area (Å²) < 4.78 is 5.91. The molecule has 5 nitrogen and oxygen atoms in total. The minimum Gasteiger partial charge on any atom is -0.455 e. The maximum absolute atomic E-state index is 12.5. The van der Waals surface area contributed by atoms with Gasteiger partial charge in [0.25, 0.3) is 0 Å². The van der Waals surface area contributed by atoms with E-state index in [9.17, 15) is 4.79 Å². The van der Waals surface area contributed by atoms with Crippen LogP contribution >= 0.6 is 0 Å². The number of nitriles is 1. The minimum atomic E-state index is -0.530. The highest BCUT2D eigenvalue weighted by Crippen LogP contribution is 2.29. The highest BCUT2D eigenvalue weighted by atomic mass is 16.5. The Morgan fingerprint density at radius 3 is 2.30 bits per heavy atom. The predicted octanol–water partition coefficient (Wildman–Crippen LogP) is 4.79. The molecule has 0 aliphatic carbocycles. The van der Waals surface area contributed by atoms with Crippen LogP contribution < -0.4 is 15.4 Å². The van der Waals surface area contributed by atoms with Crippen molar-refractivity contribution >= 4 is 17.3 Å². The summed E-state index contributed by atoms with van der Waals surface area (Å²) in [6.07, 6.45) is 0. The zero-order valence-corrected chi connectivity index (χ0v) is 14.8. The summed E-state index contributed by atoms with van der Waals surface area (Å²) in [6.45, 7) is 1.75. The fourth-order valence-electron chi connectivity index (χ4n) is 2.52. The molecule has 0 saturated heterocycles. The summed E-state index contributed by atoms with van der Waals surface area (Å²) in [5.74, 6) is 1.10. The van der Waals surface area contributed by atoms with Crippen molar-refractivity contribution in [2.45, 2.75) is 13.0 Å². The molecule has 1 atom stereocenters. The molecule has 1 amide bonds. The minimum absolute atomic E-state index is 0.243. The molecule has 0 aliphatic rings. The van der Waals surface area contributed by atoms with Crippen LogP contribution in [0.25, 0.3) is 0 Å². The number of nitrogens with zero attached hydrogens (tertiary/aromatic N) is 1. The van der Waals surface area contributed by atoms with E-state index >= 15 is 0 Å². The summed E-state index contributed by atoms with van der Waals surface area (Å²) in [5, 5.41) is 15.1. The molecule has 0 aromatic heterocycles. The molecular formula is C22H19N3O2. The second kappa shape index (κ2) is 8.54. The second-order valence-electron chi connectivity index (χ2n) is 5.92. The van der Waals surface area contributed by atoms with Crippen LogP contribution in [0.15, 0.2) is 78.9 Å². The van der Waals surface area contributed by atoms with E-state index < -0.39 is 6.04 Å². The Hall–Kier alpha value is -3.78. The fourth-order valence-corrected chi connectivity index (χ4v) is 2.52. The number of amides is 1. The van der Waals surface area contributed by atoms with E-state index in [1.807, 2.05) is 54.6 Å². The number of hydrogen-bond donors (Lipinski definition) is 2. The fraction of sp³-hybridized carbons (Fsp3) is 0.0909. The van der Waals surface area contributed by atoms with Gasteiger partial charge in [0.2, 0.25) is 5.91 Å². The van der Waals surface area contributed by atoms with Gasteiger partial charge in [-0.15, -0.1) is 0 Å². The second-order valence-corrected chi connectivity index (χ2v) is 5.92. The van der Waals surface area contributed by atoms with Crippen LogP contribution in [0.2, 0.25) is 0 Å². The molecule has 0 unspecified atom stereocenters. The number of para-hydroxylation sites is 4. The van der Waals surface area contributed by atoms with E-state index in [0.717, 1.165) is 0 Å². The SMILES string of the molecule is C[C@@H](Nc1ccccc1Oc1ccccc1)C(=O)Nc1ccccc1C#N. The number of carbonyl (C=O) groups excluding carboxylic acids is 1. The molecule has 27 heavy (non-hydrogen) atoms. The van der Waals surface area contributed by atoms with Gasteiger partial charge < -0.3 is 15.4 Å². The molecule has 3 rings (SSSR count). The van der Waals surface area contributed by atoms with E-state index in [1.165, 1.54) is 0 Å². The Labute approximate surface area is 158 Å². The normalized spacial score (nSPS) is 11.1. The van der Waals surface area contributed by atoms with Crippen LogP contribution in [-0.4, -0.2) is 11.9 Å². The molecule has 2 N–H and O–H groups in total. The lowest BCUT2D eigenvalue weighted by molar-refractivity contribution is -0.116. The first-order chi connectivity index (χ1) is 13.2. The smallest absolute Gasteiger partial charge is 0.246 e. The van der Waals surface area contributed by atoms with Gasteiger partial charge in [0, 0.05) is 0 Å². The molecule has 3 aromatic carbocycles. The van der Waals surface area contributed by atoms with Gasteiger partial charge in [-0.25, -0.2) is 0 Å². The zero-order valence-electron chi connectivity index (χ0n) is 14.8. The van der Waals surface area contributed by atoms with Crippen molar-refractivity contribution in [1.82, 2.24) is 0 Å². The average Bonchev–Trinajstić information content (AvgIpc) is 2.70. The lowest BCUT2D eigenvalue weighted by Gasteiger charge is -2.18. The third kappa shape index (κ3) is 4.65. The zero-order chi connectivity index (χ0) is 19.1. The van der Waals surface area contributed by atoms with Crippen LogP contribution in [-0.2, 0) is 4.79 Å². The van der Waals surface area contributed by atoms with E-state index in [-0.39, 0.29) is 5.91 Å². The van der Waals surface area contributed by atoms with E-state index in [1.54, 1.807) is 31.2 Å². The molecule has 0 radical (unpaired) electrons. The molecule has 3 aromatic rings. The predicted molar refractivity (Wildman–Crippen MR) is 106 cm³/mol. The Balaban J connectivity index is 1.71. The van der Waals surface area contributed by atoms with Crippen molar-refractivity contribution in [3.8, 4) is 17.6 Å². The first-order valence-electron chi connectivity index (χ1n) is 8.56. The maximum Gasteiger partial charge on any atom is 0.246 e. The van der Waals surface area contributed by atoms with Crippen LogP contribution in [0.5, 0.6) is 11.5 Å². The molecule has 5 heteroatoms. The molecule has 0 aliphatic heterocycles. The standard InChI is InChI=1S/C22H19N3O2/c1-16(22(26)25-19-12-6-5-9-17(19)15-23)24-20-13-7-8-14-21(20)27-18-10-3-2-4-11-18/h2-14,16,24H,1H3,(H,25,26)/t16-/m1/s1. The van der Waals surface area contributed by atoms with Crippen molar-refractivity contribution in [3.63, 3.8) is 0 Å². The van der Waals surface area contributed by atoms with E-state index in [2.05, 4.69) is 16.7 Å². The quantitative estimate of drug-likeness (QED) is 0.665. The topological polar surface area (TPSA) is 74.2 Å². The van der Waals surface area contributed by atoms with Gasteiger partial charge in [0.1, 0.15) is 17.9 Å². The molecule has 0 spiro atoms. The van der Waals surface area contributed by atoms with Crippen LogP contribution in [0.3, 0.4) is 0 Å². The Morgan fingerprint density at radius 2 is 1.56 bits per heavy atom. The first kappa shape index (κ1) is 18.0. The van der Waals surface area contributed by atoms with Gasteiger partial charge in [-0.1, -0.05) is 42.5 Å². The first-order valence-corrected chi connectivity index (χ1v) is 8.56. The van der Waals surface area contributed by atoms with Gasteiger partial charge in [0.15, 0.2) is 5.75 Å². The number of rotatable bonds is 6. The van der Waals surface area contributed by atoms with Crippen molar-refractivity contribution in [2.24, 2.45) is 0 Å².